The minimum Gasteiger partial charge on any atom is -0.366 e. The van der Waals surface area contributed by atoms with Gasteiger partial charge in [-0.25, -0.2) is 15.0 Å². The van der Waals surface area contributed by atoms with Crippen LogP contribution in [0.5, 0.6) is 0 Å². The first-order valence-corrected chi connectivity index (χ1v) is 9.17. The number of nitrogens with one attached hydrogen (secondary N) is 1. The van der Waals surface area contributed by atoms with Crippen molar-refractivity contribution in [2.45, 2.75) is 39.7 Å². The summed E-state index contributed by atoms with van der Waals surface area (Å²) < 4.78 is 0.794. The maximum absolute atomic E-state index is 5.93. The largest absolute Gasteiger partial charge is 0.366 e. The molecule has 0 bridgehead atoms. The fourth-order valence-corrected chi connectivity index (χ4v) is 3.04. The van der Waals surface area contributed by atoms with Crippen LogP contribution in [0.15, 0.2) is 16.9 Å². The van der Waals surface area contributed by atoms with Gasteiger partial charge in [-0.1, -0.05) is 25.4 Å². The lowest BCUT2D eigenvalue weighted by Crippen LogP contribution is -2.25. The number of pyridine rings is 1. The van der Waals surface area contributed by atoms with E-state index in [0.717, 1.165) is 53.8 Å². The summed E-state index contributed by atoms with van der Waals surface area (Å²) in [7, 11) is 0. The fourth-order valence-electron chi connectivity index (χ4n) is 2.52. The number of nitrogens with zero attached hydrogens (tertiary/aromatic N) is 4. The quantitative estimate of drug-likeness (QED) is 0.713. The summed E-state index contributed by atoms with van der Waals surface area (Å²) >= 11 is 9.38. The first-order valence-electron chi connectivity index (χ1n) is 8.00. The fraction of sp³-hybridized carbons (Fsp3) is 0.562. The second kappa shape index (κ2) is 8.76. The molecule has 23 heavy (non-hydrogen) atoms. The van der Waals surface area contributed by atoms with E-state index in [1.165, 1.54) is 0 Å². The van der Waals surface area contributed by atoms with Crippen molar-refractivity contribution in [3.63, 3.8) is 0 Å². The van der Waals surface area contributed by atoms with E-state index in [1.54, 1.807) is 12.4 Å². The summed E-state index contributed by atoms with van der Waals surface area (Å²) in [4.78, 5) is 15.6. The van der Waals surface area contributed by atoms with Gasteiger partial charge in [0.05, 0.1) is 10.7 Å². The molecule has 2 aromatic heterocycles. The molecule has 126 valence electrons. The number of hydrogen-bond acceptors (Lipinski definition) is 5. The summed E-state index contributed by atoms with van der Waals surface area (Å²) in [5, 5.41) is 3.82. The highest BCUT2D eigenvalue weighted by Crippen LogP contribution is 2.26. The molecule has 2 aromatic rings. The molecule has 0 amide bonds. The van der Waals surface area contributed by atoms with E-state index < -0.39 is 0 Å². The Morgan fingerprint density at radius 2 is 1.96 bits per heavy atom. The molecule has 0 aliphatic heterocycles. The molecule has 1 N–H and O–H groups in total. The van der Waals surface area contributed by atoms with Crippen LogP contribution in [0.2, 0.25) is 5.15 Å². The SMILES string of the molecule is CCN(CC)CCCC(C)Nc1ncc(Br)c2nc(Cl)cnc12. The number of halogens is 2. The van der Waals surface area contributed by atoms with Crippen LogP contribution in [-0.4, -0.2) is 45.5 Å². The Kier molecular flexibility index (Phi) is 6.99. The average molecular weight is 401 g/mol. The Labute approximate surface area is 151 Å². The van der Waals surface area contributed by atoms with Gasteiger partial charge in [0.25, 0.3) is 0 Å². The molecule has 1 unspecified atom stereocenters. The maximum atomic E-state index is 5.93. The molecule has 2 heterocycles. The van der Waals surface area contributed by atoms with E-state index in [2.05, 4.69) is 61.9 Å². The molecule has 0 spiro atoms. The predicted octanol–water partition coefficient (Wildman–Crippen LogP) is 4.36. The summed E-state index contributed by atoms with van der Waals surface area (Å²) in [6.07, 6.45) is 5.52. The zero-order valence-corrected chi connectivity index (χ0v) is 16.2. The van der Waals surface area contributed by atoms with Crippen molar-refractivity contribution >= 4 is 44.4 Å². The molecule has 0 saturated carbocycles. The van der Waals surface area contributed by atoms with Crippen molar-refractivity contribution < 1.29 is 0 Å². The highest BCUT2D eigenvalue weighted by Gasteiger charge is 2.12. The average Bonchev–Trinajstić information content (AvgIpc) is 2.54. The van der Waals surface area contributed by atoms with Crippen molar-refractivity contribution in [1.82, 2.24) is 19.9 Å². The molecule has 0 fully saturated rings. The summed E-state index contributed by atoms with van der Waals surface area (Å²) in [6, 6.07) is 0.319. The van der Waals surface area contributed by atoms with Gasteiger partial charge in [-0.3, -0.25) is 0 Å². The van der Waals surface area contributed by atoms with Gasteiger partial charge in [0.2, 0.25) is 0 Å². The van der Waals surface area contributed by atoms with Crippen molar-refractivity contribution in [3.8, 4) is 0 Å². The van der Waals surface area contributed by atoms with Crippen LogP contribution in [0.1, 0.15) is 33.6 Å². The van der Waals surface area contributed by atoms with Crippen molar-refractivity contribution in [3.05, 3.63) is 22.0 Å². The molecule has 5 nitrogen and oxygen atoms in total. The lowest BCUT2D eigenvalue weighted by molar-refractivity contribution is 0.295. The van der Waals surface area contributed by atoms with Crippen LogP contribution in [0.4, 0.5) is 5.82 Å². The van der Waals surface area contributed by atoms with Gasteiger partial charge in [-0.2, -0.15) is 0 Å². The van der Waals surface area contributed by atoms with Crippen molar-refractivity contribution in [2.24, 2.45) is 0 Å². The molecule has 0 saturated heterocycles. The second-order valence-corrected chi connectivity index (χ2v) is 6.80. The van der Waals surface area contributed by atoms with E-state index in [4.69, 9.17) is 11.6 Å². The Bertz CT molecular complexity index is 648. The normalized spacial score (nSPS) is 12.8. The summed E-state index contributed by atoms with van der Waals surface area (Å²) in [5.41, 5.74) is 1.46. The third-order valence-electron chi connectivity index (χ3n) is 3.89. The molecule has 0 aliphatic carbocycles. The van der Waals surface area contributed by atoms with E-state index in [0.29, 0.717) is 11.2 Å². The molecule has 2 rings (SSSR count). The zero-order valence-electron chi connectivity index (χ0n) is 13.8. The van der Waals surface area contributed by atoms with E-state index in [-0.39, 0.29) is 0 Å². The lowest BCUT2D eigenvalue weighted by Gasteiger charge is -2.20. The van der Waals surface area contributed by atoms with Crippen molar-refractivity contribution in [2.75, 3.05) is 25.0 Å². The summed E-state index contributed by atoms with van der Waals surface area (Å²) in [5.74, 6) is 0.753. The first-order chi connectivity index (χ1) is 11.0. The smallest absolute Gasteiger partial charge is 0.154 e. The summed E-state index contributed by atoms with van der Waals surface area (Å²) in [6.45, 7) is 9.91. The van der Waals surface area contributed by atoms with Gasteiger partial charge in [-0.05, 0) is 55.3 Å². The molecule has 0 aliphatic rings. The minimum atomic E-state index is 0.319. The number of anilines is 1. The second-order valence-electron chi connectivity index (χ2n) is 5.56. The third-order valence-corrected chi connectivity index (χ3v) is 4.65. The van der Waals surface area contributed by atoms with E-state index in [9.17, 15) is 0 Å². The van der Waals surface area contributed by atoms with Gasteiger partial charge >= 0.3 is 0 Å². The van der Waals surface area contributed by atoms with Gasteiger partial charge in [0.1, 0.15) is 16.2 Å². The van der Waals surface area contributed by atoms with Gasteiger partial charge in [0.15, 0.2) is 5.82 Å². The molecule has 0 aromatic carbocycles. The Morgan fingerprint density at radius 1 is 1.22 bits per heavy atom. The molecule has 1 atom stereocenters. The van der Waals surface area contributed by atoms with Crippen LogP contribution >= 0.6 is 27.5 Å². The first kappa shape index (κ1) is 18.4. The number of aromatic nitrogens is 3. The molecular weight excluding hydrogens is 378 g/mol. The molecule has 0 radical (unpaired) electrons. The number of fused-ring (bicyclic) bond motifs is 1. The highest BCUT2D eigenvalue weighted by molar-refractivity contribution is 9.10. The lowest BCUT2D eigenvalue weighted by atomic mass is 10.1. The molecular formula is C16H23BrClN5. The van der Waals surface area contributed by atoms with Crippen LogP contribution in [0, 0.1) is 0 Å². The maximum Gasteiger partial charge on any atom is 0.154 e. The Hall–Kier alpha value is -0.980. The third kappa shape index (κ3) is 4.99. The Balaban J connectivity index is 2.02. The van der Waals surface area contributed by atoms with Gasteiger partial charge < -0.3 is 10.2 Å². The van der Waals surface area contributed by atoms with Crippen LogP contribution in [-0.2, 0) is 0 Å². The van der Waals surface area contributed by atoms with Crippen molar-refractivity contribution in [1.29, 1.82) is 0 Å². The van der Waals surface area contributed by atoms with Gasteiger partial charge in [0, 0.05) is 12.2 Å². The molecule has 7 heteroatoms. The van der Waals surface area contributed by atoms with E-state index in [1.807, 2.05) is 0 Å². The minimum absolute atomic E-state index is 0.319. The highest BCUT2D eigenvalue weighted by atomic mass is 79.9. The zero-order chi connectivity index (χ0) is 16.8. The van der Waals surface area contributed by atoms with Crippen LogP contribution < -0.4 is 5.32 Å². The van der Waals surface area contributed by atoms with Crippen LogP contribution in [0.25, 0.3) is 11.0 Å². The number of hydrogen-bond donors (Lipinski definition) is 1. The Morgan fingerprint density at radius 3 is 2.65 bits per heavy atom. The predicted molar refractivity (Wildman–Crippen MR) is 100 cm³/mol. The standard InChI is InChI=1S/C16H23BrClN5/c1-4-23(5-2)8-6-7-11(3)21-16-15-14(12(17)9-20-16)22-13(18)10-19-15/h9-11H,4-8H2,1-3H3,(H,20,21). The van der Waals surface area contributed by atoms with E-state index >= 15 is 0 Å². The van der Waals surface area contributed by atoms with Crippen LogP contribution in [0.3, 0.4) is 0 Å². The number of rotatable bonds is 8. The topological polar surface area (TPSA) is 53.9 Å². The monoisotopic (exact) mass is 399 g/mol. The van der Waals surface area contributed by atoms with Gasteiger partial charge in [-0.15, -0.1) is 0 Å².